The lowest BCUT2D eigenvalue weighted by Gasteiger charge is -2.05. The molecule has 0 fully saturated rings. The van der Waals surface area contributed by atoms with Gasteiger partial charge in [-0.25, -0.2) is 4.98 Å². The molecule has 0 aliphatic rings. The van der Waals surface area contributed by atoms with Crippen LogP contribution >= 0.6 is 11.6 Å². The number of halogens is 1. The Hall–Kier alpha value is -3.10. The number of rotatable bonds is 4. The summed E-state index contributed by atoms with van der Waals surface area (Å²) in [6, 6.07) is 15.0. The van der Waals surface area contributed by atoms with Crippen molar-refractivity contribution in [2.75, 3.05) is 5.32 Å². The molecule has 0 aliphatic heterocycles. The third-order valence-corrected chi connectivity index (χ3v) is 3.79. The highest BCUT2D eigenvalue weighted by Crippen LogP contribution is 2.22. The van der Waals surface area contributed by atoms with E-state index in [-0.39, 0.29) is 11.4 Å². The quantitative estimate of drug-likeness (QED) is 0.575. The zero-order valence-electron chi connectivity index (χ0n) is 12.8. The molecule has 0 saturated carbocycles. The van der Waals surface area contributed by atoms with E-state index in [9.17, 15) is 4.79 Å². The molecule has 1 heterocycles. The van der Waals surface area contributed by atoms with Gasteiger partial charge in [-0.3, -0.25) is 9.36 Å². The summed E-state index contributed by atoms with van der Waals surface area (Å²) in [6.45, 7) is 1.35. The number of nitrogens with one attached hydrogen (secondary N) is 1. The van der Waals surface area contributed by atoms with E-state index in [4.69, 9.17) is 16.9 Å². The van der Waals surface area contributed by atoms with Crippen LogP contribution in [0.4, 0.5) is 5.69 Å². The number of nitriles is 1. The lowest BCUT2D eigenvalue weighted by molar-refractivity contribution is -0.113. The Morgan fingerprint density at radius 3 is 2.71 bits per heavy atom. The van der Waals surface area contributed by atoms with Crippen molar-refractivity contribution in [3.8, 4) is 11.8 Å². The Balaban J connectivity index is 1.93. The van der Waals surface area contributed by atoms with E-state index in [1.54, 1.807) is 6.33 Å². The fraction of sp³-hybridized carbons (Fsp3) is 0.0556. The smallest absolute Gasteiger partial charge is 0.171 e. The monoisotopic (exact) mass is 336 g/mol. The molecule has 3 aromatic rings. The maximum Gasteiger partial charge on any atom is 0.171 e. The second-order valence-corrected chi connectivity index (χ2v) is 5.60. The summed E-state index contributed by atoms with van der Waals surface area (Å²) in [5, 5.41) is 12.5. The molecule has 24 heavy (non-hydrogen) atoms. The molecule has 0 atom stereocenters. The van der Waals surface area contributed by atoms with Gasteiger partial charge in [0.15, 0.2) is 5.78 Å². The minimum Gasteiger partial charge on any atom is -0.360 e. The van der Waals surface area contributed by atoms with Gasteiger partial charge in [0.1, 0.15) is 18.0 Å². The molecule has 0 amide bonds. The van der Waals surface area contributed by atoms with Gasteiger partial charge in [0.05, 0.1) is 11.0 Å². The van der Waals surface area contributed by atoms with Gasteiger partial charge in [0.2, 0.25) is 0 Å². The van der Waals surface area contributed by atoms with Crippen LogP contribution in [0, 0.1) is 11.3 Å². The van der Waals surface area contributed by atoms with E-state index in [0.717, 1.165) is 22.4 Å². The van der Waals surface area contributed by atoms with Gasteiger partial charge in [0, 0.05) is 22.6 Å². The van der Waals surface area contributed by atoms with Crippen LogP contribution in [0.1, 0.15) is 6.92 Å². The van der Waals surface area contributed by atoms with Crippen molar-refractivity contribution in [1.82, 2.24) is 9.55 Å². The molecule has 0 radical (unpaired) electrons. The number of carbonyl (C=O) groups excluding carboxylic acids is 1. The Morgan fingerprint density at radius 1 is 1.29 bits per heavy atom. The summed E-state index contributed by atoms with van der Waals surface area (Å²) < 4.78 is 1.96. The number of hydrogen-bond acceptors (Lipinski definition) is 4. The average Bonchev–Trinajstić information content (AvgIpc) is 2.99. The first-order chi connectivity index (χ1) is 11.6. The van der Waals surface area contributed by atoms with E-state index in [0.29, 0.717) is 5.02 Å². The Bertz CT molecular complexity index is 980. The molecule has 0 spiro atoms. The molecule has 0 saturated heterocycles. The van der Waals surface area contributed by atoms with Crippen LogP contribution in [0.15, 0.2) is 60.6 Å². The van der Waals surface area contributed by atoms with Crippen molar-refractivity contribution in [3.05, 3.63) is 65.6 Å². The number of hydrogen-bond donors (Lipinski definition) is 1. The third kappa shape index (κ3) is 3.14. The highest BCUT2D eigenvalue weighted by Gasteiger charge is 2.06. The number of fused-ring (bicyclic) bond motifs is 1. The van der Waals surface area contributed by atoms with Gasteiger partial charge in [-0.05, 0) is 49.4 Å². The van der Waals surface area contributed by atoms with E-state index < -0.39 is 0 Å². The first-order valence-electron chi connectivity index (χ1n) is 7.19. The molecule has 0 aliphatic carbocycles. The van der Waals surface area contributed by atoms with E-state index in [1.165, 1.54) is 13.1 Å². The number of Topliss-reactive ketones (excluding diaryl/α,β-unsaturated/α-hetero) is 1. The number of carbonyl (C=O) groups is 1. The maximum atomic E-state index is 11.2. The number of ketones is 1. The standard InChI is InChI=1S/C18H13ClN4O/c1-12(24)13(9-20)10-21-15-4-7-18-17(8-15)22-11-23(18)16-5-2-14(19)3-6-16/h2-8,10-11,21H,1H3. The molecule has 118 valence electrons. The molecular weight excluding hydrogens is 324 g/mol. The highest BCUT2D eigenvalue weighted by molar-refractivity contribution is 6.30. The van der Waals surface area contributed by atoms with Crippen molar-refractivity contribution >= 4 is 34.1 Å². The second kappa shape index (κ2) is 6.57. The van der Waals surface area contributed by atoms with Gasteiger partial charge >= 0.3 is 0 Å². The minimum atomic E-state index is -0.280. The van der Waals surface area contributed by atoms with Crippen LogP contribution < -0.4 is 5.32 Å². The molecule has 1 aromatic heterocycles. The second-order valence-electron chi connectivity index (χ2n) is 5.16. The predicted molar refractivity (Wildman–Crippen MR) is 94.1 cm³/mol. The topological polar surface area (TPSA) is 70.7 Å². The fourth-order valence-electron chi connectivity index (χ4n) is 2.28. The molecule has 2 aromatic carbocycles. The number of allylic oxidation sites excluding steroid dienone is 1. The fourth-order valence-corrected chi connectivity index (χ4v) is 2.40. The van der Waals surface area contributed by atoms with Crippen molar-refractivity contribution in [1.29, 1.82) is 5.26 Å². The SMILES string of the molecule is CC(=O)C(C#N)=CNc1ccc2c(c1)ncn2-c1ccc(Cl)cc1. The molecular formula is C18H13ClN4O. The summed E-state index contributed by atoms with van der Waals surface area (Å²) in [6.07, 6.45) is 3.14. The van der Waals surface area contributed by atoms with Crippen molar-refractivity contribution < 1.29 is 4.79 Å². The highest BCUT2D eigenvalue weighted by atomic mass is 35.5. The summed E-state index contributed by atoms with van der Waals surface area (Å²) in [5.74, 6) is -0.280. The van der Waals surface area contributed by atoms with E-state index in [2.05, 4.69) is 10.3 Å². The first-order valence-corrected chi connectivity index (χ1v) is 7.57. The molecule has 1 N–H and O–H groups in total. The van der Waals surface area contributed by atoms with Crippen molar-refractivity contribution in [2.45, 2.75) is 6.92 Å². The van der Waals surface area contributed by atoms with Crippen LogP contribution in [-0.4, -0.2) is 15.3 Å². The number of nitrogens with zero attached hydrogens (tertiary/aromatic N) is 3. The number of anilines is 1. The zero-order valence-corrected chi connectivity index (χ0v) is 13.6. The molecule has 0 unspecified atom stereocenters. The Labute approximate surface area is 143 Å². The third-order valence-electron chi connectivity index (χ3n) is 3.53. The van der Waals surface area contributed by atoms with Crippen LogP contribution in [0.25, 0.3) is 16.7 Å². The van der Waals surface area contributed by atoms with Crippen molar-refractivity contribution in [2.24, 2.45) is 0 Å². The molecule has 6 heteroatoms. The number of imidazole rings is 1. The molecule has 5 nitrogen and oxygen atoms in total. The molecule has 0 bridgehead atoms. The van der Waals surface area contributed by atoms with Gasteiger partial charge in [-0.15, -0.1) is 0 Å². The largest absolute Gasteiger partial charge is 0.360 e. The van der Waals surface area contributed by atoms with Crippen molar-refractivity contribution in [3.63, 3.8) is 0 Å². The van der Waals surface area contributed by atoms with E-state index >= 15 is 0 Å². The number of benzene rings is 2. The Morgan fingerprint density at radius 2 is 2.04 bits per heavy atom. The Kier molecular flexibility index (Phi) is 4.32. The zero-order chi connectivity index (χ0) is 17.1. The normalized spacial score (nSPS) is 11.3. The summed E-state index contributed by atoms with van der Waals surface area (Å²) in [4.78, 5) is 15.6. The van der Waals surface area contributed by atoms with Crippen LogP contribution in [-0.2, 0) is 4.79 Å². The van der Waals surface area contributed by atoms with Crippen LogP contribution in [0.3, 0.4) is 0 Å². The number of aromatic nitrogens is 2. The van der Waals surface area contributed by atoms with E-state index in [1.807, 2.05) is 53.1 Å². The van der Waals surface area contributed by atoms with Gasteiger partial charge < -0.3 is 5.32 Å². The van der Waals surface area contributed by atoms with Gasteiger partial charge in [-0.2, -0.15) is 5.26 Å². The van der Waals surface area contributed by atoms with Gasteiger partial charge in [0.25, 0.3) is 0 Å². The maximum absolute atomic E-state index is 11.2. The summed E-state index contributed by atoms with van der Waals surface area (Å²) in [5.41, 5.74) is 3.52. The minimum absolute atomic E-state index is 0.0711. The van der Waals surface area contributed by atoms with Gasteiger partial charge in [-0.1, -0.05) is 11.6 Å². The first kappa shape index (κ1) is 15.8. The van der Waals surface area contributed by atoms with Crippen LogP contribution in [0.2, 0.25) is 5.02 Å². The summed E-state index contributed by atoms with van der Waals surface area (Å²) >= 11 is 5.92. The molecule has 3 rings (SSSR count). The average molecular weight is 337 g/mol. The predicted octanol–water partition coefficient (Wildman–Crippen LogP) is 4.09. The lowest BCUT2D eigenvalue weighted by atomic mass is 10.2. The lowest BCUT2D eigenvalue weighted by Crippen LogP contribution is -1.98. The summed E-state index contributed by atoms with van der Waals surface area (Å²) in [7, 11) is 0. The van der Waals surface area contributed by atoms with Crippen LogP contribution in [0.5, 0.6) is 0 Å².